The number of carbonyl (C=O) groups is 1. The monoisotopic (exact) mass is 256 g/mol. The lowest BCUT2D eigenvalue weighted by atomic mass is 9.76. The van der Waals surface area contributed by atoms with Crippen LogP contribution in [0.25, 0.3) is 0 Å². The normalized spacial score (nSPS) is 18.6. The van der Waals surface area contributed by atoms with Crippen LogP contribution in [0, 0.1) is 5.41 Å². The van der Waals surface area contributed by atoms with Crippen molar-refractivity contribution in [3.8, 4) is 0 Å². The number of unbranched alkanes of at least 4 members (excludes halogenated alkanes) is 1. The molecule has 4 heteroatoms. The van der Waals surface area contributed by atoms with Crippen LogP contribution in [0.4, 0.5) is 0 Å². The summed E-state index contributed by atoms with van der Waals surface area (Å²) in [5.41, 5.74) is -0.144. The van der Waals surface area contributed by atoms with Crippen molar-refractivity contribution < 1.29 is 9.53 Å². The summed E-state index contributed by atoms with van der Waals surface area (Å²) < 4.78 is 5.45. The molecule has 0 unspecified atom stereocenters. The van der Waals surface area contributed by atoms with E-state index in [1.807, 2.05) is 0 Å². The first kappa shape index (κ1) is 15.4. The molecule has 0 spiro atoms. The van der Waals surface area contributed by atoms with E-state index >= 15 is 0 Å². The molecule has 4 nitrogen and oxygen atoms in total. The van der Waals surface area contributed by atoms with E-state index in [4.69, 9.17) is 4.74 Å². The van der Waals surface area contributed by atoms with E-state index in [1.54, 1.807) is 0 Å². The van der Waals surface area contributed by atoms with E-state index in [0.717, 1.165) is 51.8 Å². The van der Waals surface area contributed by atoms with Crippen LogP contribution >= 0.6 is 0 Å². The fraction of sp³-hybridized carbons (Fsp3) is 0.929. The van der Waals surface area contributed by atoms with Crippen LogP contribution in [-0.4, -0.2) is 38.8 Å². The first-order valence-electron chi connectivity index (χ1n) is 7.32. The molecule has 1 aliphatic heterocycles. The number of piperidine rings is 1. The summed E-state index contributed by atoms with van der Waals surface area (Å²) in [6, 6.07) is 0. The lowest BCUT2D eigenvalue weighted by molar-refractivity contribution is -0.133. The van der Waals surface area contributed by atoms with Crippen molar-refractivity contribution in [3.63, 3.8) is 0 Å². The van der Waals surface area contributed by atoms with Gasteiger partial charge in [-0.15, -0.1) is 0 Å². The minimum atomic E-state index is -0.144. The highest BCUT2D eigenvalue weighted by atomic mass is 16.5. The first-order valence-corrected chi connectivity index (χ1v) is 7.32. The van der Waals surface area contributed by atoms with Crippen LogP contribution in [0.15, 0.2) is 0 Å². The summed E-state index contributed by atoms with van der Waals surface area (Å²) in [6.45, 7) is 8.23. The van der Waals surface area contributed by atoms with Crippen LogP contribution in [0.1, 0.15) is 46.0 Å². The fourth-order valence-electron chi connectivity index (χ4n) is 2.42. The second-order valence-corrected chi connectivity index (χ2v) is 5.11. The number of amides is 1. The minimum Gasteiger partial charge on any atom is -0.380 e. The molecule has 1 rings (SSSR count). The molecule has 1 aliphatic rings. The maximum atomic E-state index is 12.2. The predicted octanol–water partition coefficient (Wildman–Crippen LogP) is 1.70. The highest BCUT2D eigenvalue weighted by Crippen LogP contribution is 2.32. The first-order chi connectivity index (χ1) is 8.75. The number of hydrogen-bond acceptors (Lipinski definition) is 3. The average molecular weight is 256 g/mol. The van der Waals surface area contributed by atoms with Gasteiger partial charge in [0.05, 0.1) is 12.0 Å². The molecule has 0 atom stereocenters. The van der Waals surface area contributed by atoms with E-state index < -0.39 is 0 Å². The lowest BCUT2D eigenvalue weighted by Crippen LogP contribution is -2.47. The second kappa shape index (κ2) is 8.48. The number of rotatable bonds is 8. The Bertz CT molecular complexity index is 238. The molecule has 0 saturated carbocycles. The Morgan fingerprint density at radius 1 is 1.28 bits per heavy atom. The topological polar surface area (TPSA) is 50.4 Å². The molecule has 1 fully saturated rings. The van der Waals surface area contributed by atoms with Gasteiger partial charge in [-0.05, 0) is 38.8 Å². The van der Waals surface area contributed by atoms with Gasteiger partial charge in [-0.25, -0.2) is 0 Å². The molecule has 0 aromatic rings. The Morgan fingerprint density at radius 2 is 2.00 bits per heavy atom. The van der Waals surface area contributed by atoms with Gasteiger partial charge in [-0.3, -0.25) is 4.79 Å². The molecule has 106 valence electrons. The Morgan fingerprint density at radius 3 is 2.61 bits per heavy atom. The van der Waals surface area contributed by atoms with E-state index in [1.165, 1.54) is 0 Å². The summed E-state index contributed by atoms with van der Waals surface area (Å²) in [6.07, 6.45) is 5.08. The van der Waals surface area contributed by atoms with Crippen molar-refractivity contribution >= 4 is 5.91 Å². The van der Waals surface area contributed by atoms with Gasteiger partial charge >= 0.3 is 0 Å². The van der Waals surface area contributed by atoms with Crippen molar-refractivity contribution in [1.29, 1.82) is 0 Å². The van der Waals surface area contributed by atoms with Gasteiger partial charge in [0, 0.05) is 13.2 Å². The zero-order valence-electron chi connectivity index (χ0n) is 11.9. The fourth-order valence-corrected chi connectivity index (χ4v) is 2.42. The third-order valence-corrected chi connectivity index (χ3v) is 3.89. The van der Waals surface area contributed by atoms with Crippen LogP contribution < -0.4 is 10.6 Å². The molecule has 18 heavy (non-hydrogen) atoms. The zero-order chi connectivity index (χ0) is 13.3. The third-order valence-electron chi connectivity index (χ3n) is 3.89. The molecule has 0 aliphatic carbocycles. The van der Waals surface area contributed by atoms with Crippen LogP contribution in [0.2, 0.25) is 0 Å². The van der Waals surface area contributed by atoms with Gasteiger partial charge in [0.15, 0.2) is 0 Å². The Kier molecular flexibility index (Phi) is 7.28. The van der Waals surface area contributed by atoms with Gasteiger partial charge in [-0.2, -0.15) is 0 Å². The largest absolute Gasteiger partial charge is 0.380 e. The van der Waals surface area contributed by atoms with Crippen molar-refractivity contribution in [2.24, 2.45) is 5.41 Å². The Hall–Kier alpha value is -0.610. The zero-order valence-corrected chi connectivity index (χ0v) is 11.9. The smallest absolute Gasteiger partial charge is 0.226 e. The van der Waals surface area contributed by atoms with E-state index in [9.17, 15) is 4.79 Å². The average Bonchev–Trinajstić information content (AvgIpc) is 2.43. The van der Waals surface area contributed by atoms with Crippen LogP contribution in [0.3, 0.4) is 0 Å². The van der Waals surface area contributed by atoms with Crippen molar-refractivity contribution in [3.05, 3.63) is 0 Å². The van der Waals surface area contributed by atoms with E-state index in [2.05, 4.69) is 24.5 Å². The summed E-state index contributed by atoms with van der Waals surface area (Å²) in [5, 5.41) is 6.34. The van der Waals surface area contributed by atoms with Crippen LogP contribution in [0.5, 0.6) is 0 Å². The SMILES string of the molecule is CCCCOCCNC(=O)C1(CC)CCNCC1. The molecule has 1 heterocycles. The lowest BCUT2D eigenvalue weighted by Gasteiger charge is -2.35. The standard InChI is InChI=1S/C14H28N2O2/c1-3-5-11-18-12-10-16-13(17)14(4-2)6-8-15-9-7-14/h15H,3-12H2,1-2H3,(H,16,17). The summed E-state index contributed by atoms with van der Waals surface area (Å²) >= 11 is 0. The molecule has 0 aromatic carbocycles. The summed E-state index contributed by atoms with van der Waals surface area (Å²) in [5.74, 6) is 0.214. The van der Waals surface area contributed by atoms with E-state index in [0.29, 0.717) is 13.2 Å². The number of nitrogens with one attached hydrogen (secondary N) is 2. The highest BCUT2D eigenvalue weighted by Gasteiger charge is 2.37. The second-order valence-electron chi connectivity index (χ2n) is 5.11. The molecule has 1 saturated heterocycles. The highest BCUT2D eigenvalue weighted by molar-refractivity contribution is 5.82. The van der Waals surface area contributed by atoms with E-state index in [-0.39, 0.29) is 11.3 Å². The van der Waals surface area contributed by atoms with Crippen LogP contribution in [-0.2, 0) is 9.53 Å². The van der Waals surface area contributed by atoms with Gasteiger partial charge < -0.3 is 15.4 Å². The van der Waals surface area contributed by atoms with Gasteiger partial charge in [0.25, 0.3) is 0 Å². The molecular weight excluding hydrogens is 228 g/mol. The molecule has 2 N–H and O–H groups in total. The minimum absolute atomic E-state index is 0.144. The molecule has 0 aromatic heterocycles. The molecule has 0 radical (unpaired) electrons. The number of carbonyl (C=O) groups excluding carboxylic acids is 1. The van der Waals surface area contributed by atoms with Crippen molar-refractivity contribution in [2.75, 3.05) is 32.8 Å². The quantitative estimate of drug-likeness (QED) is 0.650. The van der Waals surface area contributed by atoms with Gasteiger partial charge in [0.2, 0.25) is 5.91 Å². The molecule has 0 bridgehead atoms. The maximum absolute atomic E-state index is 12.2. The Balaban J connectivity index is 2.21. The van der Waals surface area contributed by atoms with Crippen molar-refractivity contribution in [2.45, 2.75) is 46.0 Å². The summed E-state index contributed by atoms with van der Waals surface area (Å²) in [4.78, 5) is 12.2. The number of ether oxygens (including phenoxy) is 1. The maximum Gasteiger partial charge on any atom is 0.226 e. The third kappa shape index (κ3) is 4.58. The summed E-state index contributed by atoms with van der Waals surface area (Å²) in [7, 11) is 0. The van der Waals surface area contributed by atoms with Gasteiger partial charge in [-0.1, -0.05) is 20.3 Å². The molecular formula is C14H28N2O2. The van der Waals surface area contributed by atoms with Crippen molar-refractivity contribution in [1.82, 2.24) is 10.6 Å². The van der Waals surface area contributed by atoms with Gasteiger partial charge in [0.1, 0.15) is 0 Å². The predicted molar refractivity (Wildman–Crippen MR) is 73.6 cm³/mol. The Labute approximate surface area is 111 Å². The number of hydrogen-bond donors (Lipinski definition) is 2. The molecule has 1 amide bonds.